The Hall–Kier alpha value is -3.23. The van der Waals surface area contributed by atoms with Crippen molar-refractivity contribution >= 4 is 35.3 Å². The van der Waals surface area contributed by atoms with Gasteiger partial charge < -0.3 is 4.90 Å². The maximum Gasteiger partial charge on any atom is 0.328 e. The molecule has 126 valence electrons. The number of imide groups is 2. The Balaban J connectivity index is 2.57. The molecule has 4 amide bonds. The number of nitro groups is 1. The molecular formula is C15H16N4O5. The van der Waals surface area contributed by atoms with Crippen LogP contribution in [0.1, 0.15) is 19.4 Å². The van der Waals surface area contributed by atoms with E-state index in [2.05, 4.69) is 0 Å². The van der Waals surface area contributed by atoms with Gasteiger partial charge in [-0.1, -0.05) is 0 Å². The normalized spacial score (nSPS) is 14.1. The van der Waals surface area contributed by atoms with Gasteiger partial charge in [-0.15, -0.1) is 0 Å². The lowest BCUT2D eigenvalue weighted by atomic mass is 10.0. The standard InChI is InChI=1S/C15H16N4O5/c1-3-18(4-2)12-6-5-10(19(23)24)7-9(12)8-11-13(20)16-15(22)17-14(11)21/h5-8H,3-4H2,1-2H3,(H2,16,17,20,21,22). The zero-order valence-electron chi connectivity index (χ0n) is 13.2. The highest BCUT2D eigenvalue weighted by Crippen LogP contribution is 2.28. The molecule has 9 heteroatoms. The topological polar surface area (TPSA) is 122 Å². The zero-order chi connectivity index (χ0) is 17.9. The first-order valence-corrected chi connectivity index (χ1v) is 7.29. The number of amides is 4. The number of hydrogen-bond donors (Lipinski definition) is 2. The second-order valence-electron chi connectivity index (χ2n) is 4.97. The van der Waals surface area contributed by atoms with E-state index in [1.165, 1.54) is 18.2 Å². The molecule has 1 aromatic carbocycles. The van der Waals surface area contributed by atoms with Gasteiger partial charge >= 0.3 is 6.03 Å². The van der Waals surface area contributed by atoms with Gasteiger partial charge in [0.15, 0.2) is 0 Å². The maximum atomic E-state index is 11.8. The number of nitrogens with zero attached hydrogens (tertiary/aromatic N) is 2. The summed E-state index contributed by atoms with van der Waals surface area (Å²) in [6.07, 6.45) is 1.25. The van der Waals surface area contributed by atoms with Crippen LogP contribution in [0.3, 0.4) is 0 Å². The summed E-state index contributed by atoms with van der Waals surface area (Å²) in [5.41, 5.74) is 0.548. The number of carbonyl (C=O) groups excluding carboxylic acids is 3. The Kier molecular flexibility index (Phi) is 4.93. The van der Waals surface area contributed by atoms with Crippen LogP contribution >= 0.6 is 0 Å². The van der Waals surface area contributed by atoms with Gasteiger partial charge in [-0.05, 0) is 26.0 Å². The first-order valence-electron chi connectivity index (χ1n) is 7.29. The van der Waals surface area contributed by atoms with E-state index in [0.29, 0.717) is 24.3 Å². The van der Waals surface area contributed by atoms with Crippen molar-refractivity contribution in [1.29, 1.82) is 0 Å². The van der Waals surface area contributed by atoms with Crippen LogP contribution in [0.4, 0.5) is 16.2 Å². The van der Waals surface area contributed by atoms with E-state index in [1.807, 2.05) is 29.4 Å². The van der Waals surface area contributed by atoms with Crippen molar-refractivity contribution in [1.82, 2.24) is 10.6 Å². The minimum atomic E-state index is -0.898. The first-order chi connectivity index (χ1) is 11.4. The van der Waals surface area contributed by atoms with Gasteiger partial charge in [0.2, 0.25) is 0 Å². The van der Waals surface area contributed by atoms with E-state index >= 15 is 0 Å². The summed E-state index contributed by atoms with van der Waals surface area (Å²) in [6, 6.07) is 3.32. The Morgan fingerprint density at radius 2 is 1.71 bits per heavy atom. The van der Waals surface area contributed by atoms with Crippen molar-refractivity contribution in [3.8, 4) is 0 Å². The molecule has 1 aromatic rings. The smallest absolute Gasteiger partial charge is 0.328 e. The van der Waals surface area contributed by atoms with Crippen LogP contribution in [0, 0.1) is 10.1 Å². The Bertz CT molecular complexity index is 730. The highest BCUT2D eigenvalue weighted by atomic mass is 16.6. The van der Waals surface area contributed by atoms with Gasteiger partial charge in [0.25, 0.3) is 17.5 Å². The molecule has 0 atom stereocenters. The highest BCUT2D eigenvalue weighted by molar-refractivity contribution is 6.31. The van der Waals surface area contributed by atoms with Crippen LogP contribution in [0.2, 0.25) is 0 Å². The summed E-state index contributed by atoms with van der Waals surface area (Å²) in [7, 11) is 0. The van der Waals surface area contributed by atoms with Gasteiger partial charge in [0.05, 0.1) is 4.92 Å². The lowest BCUT2D eigenvalue weighted by Gasteiger charge is -2.23. The molecular weight excluding hydrogens is 316 g/mol. The second kappa shape index (κ2) is 6.90. The average Bonchev–Trinajstić information content (AvgIpc) is 2.52. The number of non-ortho nitro benzene ring substituents is 1. The van der Waals surface area contributed by atoms with Crippen molar-refractivity contribution in [2.45, 2.75) is 13.8 Å². The van der Waals surface area contributed by atoms with Gasteiger partial charge in [0.1, 0.15) is 5.57 Å². The van der Waals surface area contributed by atoms with Crippen molar-refractivity contribution in [3.05, 3.63) is 39.4 Å². The molecule has 1 aliphatic heterocycles. The first kappa shape index (κ1) is 17.1. The quantitative estimate of drug-likeness (QED) is 0.361. The minimum Gasteiger partial charge on any atom is -0.372 e. The third kappa shape index (κ3) is 3.40. The fourth-order valence-electron chi connectivity index (χ4n) is 2.39. The van der Waals surface area contributed by atoms with E-state index < -0.39 is 22.8 Å². The van der Waals surface area contributed by atoms with Crippen LogP contribution in [-0.2, 0) is 9.59 Å². The third-order valence-corrected chi connectivity index (χ3v) is 3.57. The van der Waals surface area contributed by atoms with Crippen molar-refractivity contribution in [3.63, 3.8) is 0 Å². The molecule has 1 aliphatic rings. The van der Waals surface area contributed by atoms with Crippen LogP contribution in [0.15, 0.2) is 23.8 Å². The van der Waals surface area contributed by atoms with E-state index in [9.17, 15) is 24.5 Å². The second-order valence-corrected chi connectivity index (χ2v) is 4.97. The monoisotopic (exact) mass is 332 g/mol. The molecule has 0 unspecified atom stereocenters. The molecule has 0 aliphatic carbocycles. The molecule has 1 saturated heterocycles. The molecule has 2 rings (SSSR count). The van der Waals surface area contributed by atoms with Crippen LogP contribution < -0.4 is 15.5 Å². The molecule has 0 saturated carbocycles. The van der Waals surface area contributed by atoms with Crippen LogP contribution in [0.5, 0.6) is 0 Å². The third-order valence-electron chi connectivity index (χ3n) is 3.57. The van der Waals surface area contributed by atoms with Crippen molar-refractivity contribution in [2.24, 2.45) is 0 Å². The summed E-state index contributed by atoms with van der Waals surface area (Å²) < 4.78 is 0. The molecule has 1 heterocycles. The summed E-state index contributed by atoms with van der Waals surface area (Å²) in [4.78, 5) is 47.2. The minimum absolute atomic E-state index is 0.162. The average molecular weight is 332 g/mol. The van der Waals surface area contributed by atoms with Crippen molar-refractivity contribution < 1.29 is 19.3 Å². The number of carbonyl (C=O) groups is 3. The van der Waals surface area contributed by atoms with Crippen LogP contribution in [0.25, 0.3) is 6.08 Å². The fraction of sp³-hybridized carbons (Fsp3) is 0.267. The number of anilines is 1. The fourth-order valence-corrected chi connectivity index (χ4v) is 2.39. The highest BCUT2D eigenvalue weighted by Gasteiger charge is 2.28. The molecule has 0 radical (unpaired) electrons. The Morgan fingerprint density at radius 1 is 1.12 bits per heavy atom. The van der Waals surface area contributed by atoms with Gasteiger partial charge in [0, 0.05) is 36.5 Å². The molecule has 24 heavy (non-hydrogen) atoms. The number of nitrogens with one attached hydrogen (secondary N) is 2. The number of barbiturate groups is 1. The SMILES string of the molecule is CCN(CC)c1ccc([N+](=O)[O-])cc1C=C1C(=O)NC(=O)NC1=O. The van der Waals surface area contributed by atoms with E-state index in [-0.39, 0.29) is 11.3 Å². The molecule has 9 nitrogen and oxygen atoms in total. The predicted molar refractivity (Wildman–Crippen MR) is 86.3 cm³/mol. The largest absolute Gasteiger partial charge is 0.372 e. The number of urea groups is 1. The Labute approximate surface area is 137 Å². The number of rotatable bonds is 5. The summed E-state index contributed by atoms with van der Waals surface area (Å²) >= 11 is 0. The Morgan fingerprint density at radius 3 is 2.21 bits per heavy atom. The lowest BCUT2D eigenvalue weighted by Crippen LogP contribution is -2.51. The van der Waals surface area contributed by atoms with E-state index in [1.54, 1.807) is 6.07 Å². The summed E-state index contributed by atoms with van der Waals surface area (Å²) in [5.74, 6) is -1.69. The number of hydrogen-bond acceptors (Lipinski definition) is 6. The molecule has 0 spiro atoms. The predicted octanol–water partition coefficient (Wildman–Crippen LogP) is 1.19. The summed E-state index contributed by atoms with van der Waals surface area (Å²) in [5, 5.41) is 14.9. The zero-order valence-corrected chi connectivity index (χ0v) is 13.2. The molecule has 0 aromatic heterocycles. The molecule has 0 bridgehead atoms. The summed E-state index contributed by atoms with van der Waals surface area (Å²) in [6.45, 7) is 5.11. The van der Waals surface area contributed by atoms with Crippen molar-refractivity contribution in [2.75, 3.05) is 18.0 Å². The number of nitro benzene ring substituents is 1. The maximum absolute atomic E-state index is 11.8. The molecule has 1 fully saturated rings. The molecule has 2 N–H and O–H groups in total. The van der Waals surface area contributed by atoms with E-state index in [0.717, 1.165) is 0 Å². The van der Waals surface area contributed by atoms with Gasteiger partial charge in [-0.25, -0.2) is 4.79 Å². The van der Waals surface area contributed by atoms with Crippen LogP contribution in [-0.4, -0.2) is 35.9 Å². The van der Waals surface area contributed by atoms with E-state index in [4.69, 9.17) is 0 Å². The lowest BCUT2D eigenvalue weighted by molar-refractivity contribution is -0.384. The van der Waals surface area contributed by atoms with Gasteiger partial charge in [-0.2, -0.15) is 0 Å². The van der Waals surface area contributed by atoms with Gasteiger partial charge in [-0.3, -0.25) is 30.3 Å². The number of benzene rings is 1.